The van der Waals surface area contributed by atoms with Crippen molar-refractivity contribution in [3.63, 3.8) is 0 Å². The molecule has 132 valence electrons. The van der Waals surface area contributed by atoms with Gasteiger partial charge in [0, 0.05) is 5.70 Å². The molecule has 0 fully saturated rings. The summed E-state index contributed by atoms with van der Waals surface area (Å²) in [5.74, 6) is 0.943. The zero-order valence-electron chi connectivity index (χ0n) is 14.6. The summed E-state index contributed by atoms with van der Waals surface area (Å²) >= 11 is 1.45. The van der Waals surface area contributed by atoms with Gasteiger partial charge in [-0.15, -0.1) is 5.10 Å². The number of carbonyl (C=O) groups is 1. The molecular weight excluding hydrogens is 340 g/mol. The zero-order valence-corrected chi connectivity index (χ0v) is 15.4. The van der Waals surface area contributed by atoms with Gasteiger partial charge in [-0.1, -0.05) is 23.9 Å². The highest BCUT2D eigenvalue weighted by molar-refractivity contribution is 7.98. The molecule has 2 heterocycles. The molecule has 7 nitrogen and oxygen atoms in total. The van der Waals surface area contributed by atoms with Gasteiger partial charge in [-0.3, -0.25) is 0 Å². The van der Waals surface area contributed by atoms with E-state index in [0.717, 1.165) is 5.56 Å². The van der Waals surface area contributed by atoms with Crippen molar-refractivity contribution >= 4 is 23.7 Å². The van der Waals surface area contributed by atoms with Crippen molar-refractivity contribution in [3.8, 4) is 5.75 Å². The number of anilines is 1. The van der Waals surface area contributed by atoms with Crippen molar-refractivity contribution in [1.82, 2.24) is 14.8 Å². The van der Waals surface area contributed by atoms with Gasteiger partial charge in [-0.2, -0.15) is 4.98 Å². The van der Waals surface area contributed by atoms with Crippen LogP contribution in [0, 0.1) is 0 Å². The monoisotopic (exact) mass is 360 g/mol. The van der Waals surface area contributed by atoms with Gasteiger partial charge in [0.15, 0.2) is 0 Å². The molecule has 1 atom stereocenters. The Kier molecular flexibility index (Phi) is 4.98. The summed E-state index contributed by atoms with van der Waals surface area (Å²) in [6, 6.07) is 7.15. The minimum absolute atomic E-state index is 0.306. The second-order valence-electron chi connectivity index (χ2n) is 5.43. The number of ether oxygens (including phenoxy) is 2. The molecular formula is C17H20N4O3S. The number of esters is 1. The number of aromatic nitrogens is 3. The number of fused-ring (bicyclic) bond motifs is 1. The molecule has 1 aromatic carbocycles. The average molecular weight is 360 g/mol. The Balaban J connectivity index is 2.17. The fourth-order valence-corrected chi connectivity index (χ4v) is 3.16. The molecule has 25 heavy (non-hydrogen) atoms. The number of methoxy groups -OCH3 is 1. The van der Waals surface area contributed by atoms with Crippen LogP contribution in [0.1, 0.15) is 25.5 Å². The van der Waals surface area contributed by atoms with Crippen LogP contribution in [0.25, 0.3) is 0 Å². The van der Waals surface area contributed by atoms with Crippen molar-refractivity contribution in [3.05, 3.63) is 41.1 Å². The molecule has 0 amide bonds. The highest BCUT2D eigenvalue weighted by Gasteiger charge is 2.35. The lowest BCUT2D eigenvalue weighted by atomic mass is 9.95. The Hall–Kier alpha value is -2.48. The molecule has 0 unspecified atom stereocenters. The highest BCUT2D eigenvalue weighted by atomic mass is 32.2. The number of hydrogen-bond donors (Lipinski definition) is 1. The van der Waals surface area contributed by atoms with Crippen molar-refractivity contribution < 1.29 is 14.3 Å². The lowest BCUT2D eigenvalue weighted by Gasteiger charge is -2.28. The normalized spacial score (nSPS) is 16.2. The number of carbonyl (C=O) groups excluding carboxylic acids is 1. The van der Waals surface area contributed by atoms with E-state index in [1.54, 1.807) is 18.7 Å². The van der Waals surface area contributed by atoms with Crippen LogP contribution in [-0.2, 0) is 9.53 Å². The molecule has 1 aliphatic heterocycles. The summed E-state index contributed by atoms with van der Waals surface area (Å²) in [5, 5.41) is 8.32. The van der Waals surface area contributed by atoms with Crippen LogP contribution in [-0.4, -0.2) is 40.7 Å². The molecule has 0 aliphatic carbocycles. The van der Waals surface area contributed by atoms with E-state index in [-0.39, 0.29) is 5.97 Å². The SMILES string of the molecule is CCOC(=O)C1=C(C)Nc2nc(SC)nn2[C@H]1c1cccc(OC)c1. The maximum absolute atomic E-state index is 12.6. The van der Waals surface area contributed by atoms with Crippen molar-refractivity contribution in [2.75, 3.05) is 25.3 Å². The zero-order chi connectivity index (χ0) is 18.0. The van der Waals surface area contributed by atoms with Gasteiger partial charge in [0.1, 0.15) is 11.8 Å². The van der Waals surface area contributed by atoms with Crippen LogP contribution in [0.2, 0.25) is 0 Å². The summed E-state index contributed by atoms with van der Waals surface area (Å²) in [7, 11) is 1.61. The summed E-state index contributed by atoms with van der Waals surface area (Å²) in [6.07, 6.45) is 1.91. The van der Waals surface area contributed by atoms with Crippen LogP contribution in [0.4, 0.5) is 5.95 Å². The third-order valence-electron chi connectivity index (χ3n) is 3.92. The quantitative estimate of drug-likeness (QED) is 0.649. The van der Waals surface area contributed by atoms with E-state index < -0.39 is 6.04 Å². The smallest absolute Gasteiger partial charge is 0.338 e. The van der Waals surface area contributed by atoms with E-state index in [4.69, 9.17) is 9.47 Å². The predicted octanol–water partition coefficient (Wildman–Crippen LogP) is 2.86. The van der Waals surface area contributed by atoms with E-state index in [9.17, 15) is 4.79 Å². The van der Waals surface area contributed by atoms with Gasteiger partial charge in [0.2, 0.25) is 11.1 Å². The number of benzene rings is 1. The van der Waals surface area contributed by atoms with Gasteiger partial charge in [-0.25, -0.2) is 9.48 Å². The Morgan fingerprint density at radius 2 is 2.24 bits per heavy atom. The summed E-state index contributed by atoms with van der Waals surface area (Å²) in [6.45, 7) is 3.94. The minimum atomic E-state index is -0.432. The van der Waals surface area contributed by atoms with Gasteiger partial charge < -0.3 is 14.8 Å². The molecule has 1 aromatic heterocycles. The maximum atomic E-state index is 12.6. The second-order valence-corrected chi connectivity index (χ2v) is 6.20. The molecule has 0 saturated carbocycles. The fraction of sp³-hybridized carbons (Fsp3) is 0.353. The Morgan fingerprint density at radius 1 is 1.44 bits per heavy atom. The van der Waals surface area contributed by atoms with Crippen molar-refractivity contribution in [2.45, 2.75) is 25.0 Å². The molecule has 0 radical (unpaired) electrons. The van der Waals surface area contributed by atoms with E-state index in [1.165, 1.54) is 11.8 Å². The first-order chi connectivity index (χ1) is 12.1. The largest absolute Gasteiger partial charge is 0.497 e. The average Bonchev–Trinajstić information content (AvgIpc) is 3.03. The second kappa shape index (κ2) is 7.18. The Morgan fingerprint density at radius 3 is 2.92 bits per heavy atom. The maximum Gasteiger partial charge on any atom is 0.338 e. The molecule has 1 aliphatic rings. The molecule has 3 rings (SSSR count). The number of nitrogens with one attached hydrogen (secondary N) is 1. The third kappa shape index (κ3) is 3.21. The lowest BCUT2D eigenvalue weighted by molar-refractivity contribution is -0.139. The molecule has 0 bridgehead atoms. The van der Waals surface area contributed by atoms with E-state index in [0.29, 0.717) is 34.7 Å². The van der Waals surface area contributed by atoms with Gasteiger partial charge in [0.25, 0.3) is 0 Å². The summed E-state index contributed by atoms with van der Waals surface area (Å²) < 4.78 is 12.3. The van der Waals surface area contributed by atoms with E-state index >= 15 is 0 Å². The first-order valence-electron chi connectivity index (χ1n) is 7.88. The van der Waals surface area contributed by atoms with Crippen LogP contribution in [0.15, 0.2) is 40.7 Å². The lowest BCUT2D eigenvalue weighted by Crippen LogP contribution is -2.29. The van der Waals surface area contributed by atoms with E-state index in [1.807, 2.05) is 37.4 Å². The molecule has 2 aromatic rings. The number of allylic oxidation sites excluding steroid dienone is 1. The van der Waals surface area contributed by atoms with Crippen LogP contribution in [0.5, 0.6) is 5.75 Å². The molecule has 0 saturated heterocycles. The minimum Gasteiger partial charge on any atom is -0.497 e. The number of rotatable bonds is 5. The van der Waals surface area contributed by atoms with Crippen LogP contribution < -0.4 is 10.1 Å². The standard InChI is InChI=1S/C17H20N4O3S/c1-5-24-15(22)13-10(2)18-16-19-17(25-4)20-21(16)14(13)11-7-6-8-12(9-11)23-3/h6-9,14H,5H2,1-4H3,(H,18,19,20)/t14-/m0/s1. The van der Waals surface area contributed by atoms with Crippen LogP contribution in [0.3, 0.4) is 0 Å². The molecule has 0 spiro atoms. The van der Waals surface area contributed by atoms with Crippen LogP contribution >= 0.6 is 11.8 Å². The number of nitrogens with zero attached hydrogens (tertiary/aromatic N) is 3. The molecule has 8 heteroatoms. The van der Waals surface area contributed by atoms with E-state index in [2.05, 4.69) is 15.4 Å². The first kappa shape index (κ1) is 17.3. The van der Waals surface area contributed by atoms with Gasteiger partial charge in [0.05, 0.1) is 19.3 Å². The highest BCUT2D eigenvalue weighted by Crippen LogP contribution is 2.37. The van der Waals surface area contributed by atoms with Crippen molar-refractivity contribution in [2.24, 2.45) is 0 Å². The molecule has 1 N–H and O–H groups in total. The fourth-order valence-electron chi connectivity index (χ4n) is 2.81. The first-order valence-corrected chi connectivity index (χ1v) is 9.10. The third-order valence-corrected chi connectivity index (χ3v) is 4.46. The predicted molar refractivity (Wildman–Crippen MR) is 95.9 cm³/mol. The van der Waals surface area contributed by atoms with Crippen molar-refractivity contribution in [1.29, 1.82) is 0 Å². The summed E-state index contributed by atoms with van der Waals surface area (Å²) in [4.78, 5) is 17.1. The summed E-state index contributed by atoms with van der Waals surface area (Å²) in [5.41, 5.74) is 2.10. The number of hydrogen-bond acceptors (Lipinski definition) is 7. The van der Waals surface area contributed by atoms with Gasteiger partial charge in [-0.05, 0) is 37.8 Å². The Bertz CT molecular complexity index is 831. The van der Waals surface area contributed by atoms with Gasteiger partial charge >= 0.3 is 5.97 Å². The number of thioether (sulfide) groups is 1. The Labute approximate surface area is 150 Å². The topological polar surface area (TPSA) is 78.3 Å².